The molecule has 2 aromatic rings. The summed E-state index contributed by atoms with van der Waals surface area (Å²) in [6, 6.07) is 2.65. The molecule has 2 rings (SSSR count). The molecule has 0 unspecified atom stereocenters. The van der Waals surface area contributed by atoms with Crippen molar-refractivity contribution in [2.75, 3.05) is 5.73 Å². The summed E-state index contributed by atoms with van der Waals surface area (Å²) in [5.41, 5.74) is 6.46. The molecule has 0 atom stereocenters. The van der Waals surface area contributed by atoms with E-state index in [2.05, 4.69) is 10.3 Å². The van der Waals surface area contributed by atoms with Crippen LogP contribution in [-0.4, -0.2) is 10.9 Å². The van der Waals surface area contributed by atoms with E-state index in [1.54, 1.807) is 13.1 Å². The maximum Gasteiger partial charge on any atom is 0.251 e. The molecule has 0 spiro atoms. The van der Waals surface area contributed by atoms with Crippen molar-refractivity contribution in [3.63, 3.8) is 0 Å². The van der Waals surface area contributed by atoms with Gasteiger partial charge in [0, 0.05) is 28.4 Å². The van der Waals surface area contributed by atoms with Crippen molar-refractivity contribution in [2.45, 2.75) is 13.5 Å². The number of amides is 1. The molecule has 18 heavy (non-hydrogen) atoms. The Bertz CT molecular complexity index is 546. The Morgan fingerprint density at radius 2 is 2.33 bits per heavy atom. The summed E-state index contributed by atoms with van der Waals surface area (Å²) >= 11 is 1.44. The van der Waals surface area contributed by atoms with Crippen molar-refractivity contribution in [3.8, 4) is 0 Å². The van der Waals surface area contributed by atoms with Crippen molar-refractivity contribution in [1.29, 1.82) is 0 Å². The van der Waals surface area contributed by atoms with Gasteiger partial charge in [0.1, 0.15) is 10.8 Å². The summed E-state index contributed by atoms with van der Waals surface area (Å²) in [6.45, 7) is 1.90. The van der Waals surface area contributed by atoms with E-state index in [1.165, 1.54) is 23.5 Å². The molecule has 1 amide bonds. The maximum absolute atomic E-state index is 13.4. The number of benzene rings is 1. The van der Waals surface area contributed by atoms with Crippen LogP contribution in [0.2, 0.25) is 0 Å². The normalized spacial score (nSPS) is 10.3. The van der Waals surface area contributed by atoms with E-state index >= 15 is 0 Å². The number of nitrogens with two attached hydrogens (primary N) is 1. The van der Waals surface area contributed by atoms with Gasteiger partial charge >= 0.3 is 0 Å². The second kappa shape index (κ2) is 5.14. The summed E-state index contributed by atoms with van der Waals surface area (Å²) in [6.07, 6.45) is 1.66. The first-order valence-corrected chi connectivity index (χ1v) is 6.18. The van der Waals surface area contributed by atoms with Gasteiger partial charge in [0.05, 0.1) is 6.54 Å². The smallest absolute Gasteiger partial charge is 0.251 e. The van der Waals surface area contributed by atoms with Crippen LogP contribution in [0.5, 0.6) is 0 Å². The van der Waals surface area contributed by atoms with Gasteiger partial charge in [-0.3, -0.25) is 4.79 Å². The molecule has 0 aliphatic heterocycles. The molecular formula is C12H12FN3OS. The molecule has 6 heteroatoms. The van der Waals surface area contributed by atoms with E-state index in [0.717, 1.165) is 5.01 Å². The monoisotopic (exact) mass is 265 g/mol. The Morgan fingerprint density at radius 3 is 2.94 bits per heavy atom. The van der Waals surface area contributed by atoms with Gasteiger partial charge in [-0.15, -0.1) is 11.3 Å². The third-order valence-electron chi connectivity index (χ3n) is 2.53. The molecule has 0 radical (unpaired) electrons. The summed E-state index contributed by atoms with van der Waals surface area (Å²) < 4.78 is 13.4. The second-order valence-electron chi connectivity index (χ2n) is 3.78. The molecule has 0 saturated carbocycles. The first-order valence-electron chi connectivity index (χ1n) is 5.30. The third kappa shape index (κ3) is 2.65. The zero-order chi connectivity index (χ0) is 13.1. The third-order valence-corrected chi connectivity index (χ3v) is 3.31. The van der Waals surface area contributed by atoms with Crippen LogP contribution in [-0.2, 0) is 6.54 Å². The molecule has 1 aromatic heterocycles. The van der Waals surface area contributed by atoms with Crippen LogP contribution in [0.25, 0.3) is 0 Å². The molecule has 0 aliphatic carbocycles. The van der Waals surface area contributed by atoms with Gasteiger partial charge < -0.3 is 11.1 Å². The highest BCUT2D eigenvalue weighted by atomic mass is 32.1. The first kappa shape index (κ1) is 12.5. The lowest BCUT2D eigenvalue weighted by Gasteiger charge is -2.07. The predicted octanol–water partition coefficient (Wildman–Crippen LogP) is 2.10. The van der Waals surface area contributed by atoms with Crippen LogP contribution in [0.15, 0.2) is 23.7 Å². The first-order chi connectivity index (χ1) is 8.58. The van der Waals surface area contributed by atoms with E-state index in [-0.39, 0.29) is 17.2 Å². The average Bonchev–Trinajstić information content (AvgIpc) is 2.85. The summed E-state index contributed by atoms with van der Waals surface area (Å²) in [4.78, 5) is 15.8. The number of nitrogens with zero attached hydrogens (tertiary/aromatic N) is 1. The second-order valence-corrected chi connectivity index (χ2v) is 4.76. The molecule has 1 heterocycles. The molecule has 4 nitrogen and oxygen atoms in total. The number of anilines is 1. The number of thiazole rings is 1. The number of rotatable bonds is 3. The fourth-order valence-electron chi connectivity index (χ4n) is 1.43. The highest BCUT2D eigenvalue weighted by Crippen LogP contribution is 2.17. The van der Waals surface area contributed by atoms with Crippen molar-refractivity contribution >= 4 is 22.9 Å². The van der Waals surface area contributed by atoms with Crippen LogP contribution < -0.4 is 11.1 Å². The topological polar surface area (TPSA) is 68.0 Å². The van der Waals surface area contributed by atoms with E-state index in [0.29, 0.717) is 12.1 Å². The van der Waals surface area contributed by atoms with Gasteiger partial charge in [-0.1, -0.05) is 0 Å². The Morgan fingerprint density at radius 1 is 1.56 bits per heavy atom. The lowest BCUT2D eigenvalue weighted by atomic mass is 10.1. The summed E-state index contributed by atoms with van der Waals surface area (Å²) in [5.74, 6) is -0.842. The van der Waals surface area contributed by atoms with Crippen molar-refractivity contribution in [1.82, 2.24) is 10.3 Å². The minimum absolute atomic E-state index is 0.215. The number of hydrogen-bond acceptors (Lipinski definition) is 4. The maximum atomic E-state index is 13.4. The highest BCUT2D eigenvalue weighted by Gasteiger charge is 2.11. The van der Waals surface area contributed by atoms with Gasteiger partial charge in [0.2, 0.25) is 0 Å². The quantitative estimate of drug-likeness (QED) is 0.835. The van der Waals surface area contributed by atoms with Gasteiger partial charge in [-0.2, -0.15) is 0 Å². The highest BCUT2D eigenvalue weighted by molar-refractivity contribution is 7.09. The van der Waals surface area contributed by atoms with Crippen LogP contribution in [0.3, 0.4) is 0 Å². The molecule has 0 saturated heterocycles. The van der Waals surface area contributed by atoms with Crippen LogP contribution in [0.1, 0.15) is 20.9 Å². The molecule has 0 fully saturated rings. The Hall–Kier alpha value is -1.95. The van der Waals surface area contributed by atoms with E-state index in [9.17, 15) is 9.18 Å². The number of carbonyl (C=O) groups is 1. The number of aromatic nitrogens is 1. The van der Waals surface area contributed by atoms with Crippen LogP contribution in [0, 0.1) is 12.7 Å². The van der Waals surface area contributed by atoms with E-state index in [1.807, 2.05) is 5.38 Å². The SMILES string of the molecule is Cc1c(N)cc(C(=O)NCc2nccs2)cc1F. The standard InChI is InChI=1S/C12H12FN3OS/c1-7-9(13)4-8(5-10(7)14)12(17)16-6-11-15-2-3-18-11/h2-5H,6,14H2,1H3,(H,16,17). The van der Waals surface area contributed by atoms with Crippen LogP contribution >= 0.6 is 11.3 Å². The largest absolute Gasteiger partial charge is 0.398 e. The van der Waals surface area contributed by atoms with Gasteiger partial charge in [0.25, 0.3) is 5.91 Å². The number of hydrogen-bond donors (Lipinski definition) is 2. The minimum atomic E-state index is -0.477. The Kier molecular flexibility index (Phi) is 3.57. The lowest BCUT2D eigenvalue weighted by Crippen LogP contribution is -2.23. The molecule has 0 aliphatic rings. The fraction of sp³-hybridized carbons (Fsp3) is 0.167. The van der Waals surface area contributed by atoms with Gasteiger partial charge in [-0.05, 0) is 19.1 Å². The number of halogens is 1. The van der Waals surface area contributed by atoms with E-state index in [4.69, 9.17) is 5.73 Å². The molecule has 0 bridgehead atoms. The zero-order valence-corrected chi connectivity index (χ0v) is 10.6. The van der Waals surface area contributed by atoms with E-state index < -0.39 is 5.82 Å². The Labute approximate surface area is 108 Å². The molecular weight excluding hydrogens is 253 g/mol. The molecule has 94 valence electrons. The average molecular weight is 265 g/mol. The molecule has 1 aromatic carbocycles. The van der Waals surface area contributed by atoms with Gasteiger partial charge in [0.15, 0.2) is 0 Å². The lowest BCUT2D eigenvalue weighted by molar-refractivity contribution is 0.0950. The van der Waals surface area contributed by atoms with Gasteiger partial charge in [-0.25, -0.2) is 9.37 Å². The predicted molar refractivity (Wildman–Crippen MR) is 68.8 cm³/mol. The van der Waals surface area contributed by atoms with Crippen LogP contribution in [0.4, 0.5) is 10.1 Å². The summed E-state index contributed by atoms with van der Waals surface area (Å²) in [5, 5.41) is 5.28. The number of nitrogen functional groups attached to an aromatic ring is 1. The number of nitrogens with one attached hydrogen (secondary N) is 1. The zero-order valence-electron chi connectivity index (χ0n) is 9.74. The Balaban J connectivity index is 2.09. The van der Waals surface area contributed by atoms with Crippen molar-refractivity contribution in [2.24, 2.45) is 0 Å². The fourth-order valence-corrected chi connectivity index (χ4v) is 1.99. The van der Waals surface area contributed by atoms with Crippen molar-refractivity contribution < 1.29 is 9.18 Å². The minimum Gasteiger partial charge on any atom is -0.398 e. The van der Waals surface area contributed by atoms with Crippen molar-refractivity contribution in [3.05, 3.63) is 45.7 Å². The molecule has 3 N–H and O–H groups in total. The summed E-state index contributed by atoms with van der Waals surface area (Å²) in [7, 11) is 0. The number of carbonyl (C=O) groups excluding carboxylic acids is 1.